The summed E-state index contributed by atoms with van der Waals surface area (Å²) in [6.45, 7) is 6.18. The Labute approximate surface area is 232 Å². The van der Waals surface area contributed by atoms with E-state index in [0.717, 1.165) is 80.6 Å². The Morgan fingerprint density at radius 2 is 1.64 bits per heavy atom. The molecule has 0 N–H and O–H groups in total. The Balaban J connectivity index is 1.42. The maximum absolute atomic E-state index is 13.6. The second-order valence-electron chi connectivity index (χ2n) is 10.3. The Morgan fingerprint density at radius 3 is 2.41 bits per heavy atom. The third-order valence-electron chi connectivity index (χ3n) is 7.58. The summed E-state index contributed by atoms with van der Waals surface area (Å²) in [6.07, 6.45) is 7.63. The molecule has 212 valence electrons. The van der Waals surface area contributed by atoms with Gasteiger partial charge in [0.05, 0.1) is 27.4 Å². The number of likely N-dealkylation sites (tertiary alicyclic amines) is 1. The van der Waals surface area contributed by atoms with Crippen molar-refractivity contribution in [2.45, 2.75) is 64.8 Å². The van der Waals surface area contributed by atoms with Gasteiger partial charge in [0.15, 0.2) is 11.5 Å². The topological polar surface area (TPSA) is 71.5 Å². The number of hydrogen-bond donors (Lipinski definition) is 0. The minimum Gasteiger partial charge on any atom is -0.496 e. The lowest BCUT2D eigenvalue weighted by atomic mass is 10.1. The lowest BCUT2D eigenvalue weighted by Gasteiger charge is -2.36. The highest BCUT2D eigenvalue weighted by atomic mass is 16.5. The molecule has 8 nitrogen and oxygen atoms in total. The van der Waals surface area contributed by atoms with Gasteiger partial charge in [-0.25, -0.2) is 4.79 Å². The van der Waals surface area contributed by atoms with Crippen molar-refractivity contribution < 1.29 is 23.8 Å². The average molecular weight is 538 g/mol. The SMILES string of the molecule is CCCCCOc1cc(N2CCCN(Cc3ccc(CCN4CCCCC4=O)cc3OC)C2=O)ccc1OC. The number of carbonyl (C=O) groups excluding carboxylic acids is 2. The zero-order valence-corrected chi connectivity index (χ0v) is 23.7. The number of methoxy groups -OCH3 is 2. The van der Waals surface area contributed by atoms with Crippen LogP contribution in [0.3, 0.4) is 0 Å². The lowest BCUT2D eigenvalue weighted by Crippen LogP contribution is -2.49. The summed E-state index contributed by atoms with van der Waals surface area (Å²) >= 11 is 0. The van der Waals surface area contributed by atoms with Gasteiger partial charge >= 0.3 is 6.03 Å². The second-order valence-corrected chi connectivity index (χ2v) is 10.3. The van der Waals surface area contributed by atoms with Gasteiger partial charge in [-0.15, -0.1) is 0 Å². The quantitative estimate of drug-likeness (QED) is 0.308. The van der Waals surface area contributed by atoms with Crippen LogP contribution < -0.4 is 19.1 Å². The number of piperidine rings is 1. The first-order valence-electron chi connectivity index (χ1n) is 14.3. The molecule has 2 heterocycles. The first kappa shape index (κ1) is 28.6. The monoisotopic (exact) mass is 537 g/mol. The molecule has 0 saturated carbocycles. The number of nitrogens with zero attached hydrogens (tertiary/aromatic N) is 3. The third kappa shape index (κ3) is 7.37. The van der Waals surface area contributed by atoms with Crippen LogP contribution in [0.15, 0.2) is 36.4 Å². The van der Waals surface area contributed by atoms with Gasteiger partial charge in [0.1, 0.15) is 5.75 Å². The van der Waals surface area contributed by atoms with E-state index in [1.165, 1.54) is 0 Å². The summed E-state index contributed by atoms with van der Waals surface area (Å²) in [4.78, 5) is 31.4. The minimum atomic E-state index is -0.0295. The fraction of sp³-hybridized carbons (Fsp3) is 0.548. The lowest BCUT2D eigenvalue weighted by molar-refractivity contribution is -0.133. The molecule has 0 spiro atoms. The Kier molecular flexibility index (Phi) is 10.3. The van der Waals surface area contributed by atoms with Crippen LogP contribution in [-0.4, -0.2) is 68.7 Å². The first-order chi connectivity index (χ1) is 19.0. The van der Waals surface area contributed by atoms with Gasteiger partial charge in [0.25, 0.3) is 0 Å². The number of amides is 3. The molecule has 0 unspecified atom stereocenters. The van der Waals surface area contributed by atoms with Crippen LogP contribution in [0.25, 0.3) is 0 Å². The molecular formula is C31H43N3O5. The zero-order valence-electron chi connectivity index (χ0n) is 23.7. The van der Waals surface area contributed by atoms with Gasteiger partial charge in [-0.2, -0.15) is 0 Å². The molecule has 0 aromatic heterocycles. The Hall–Kier alpha value is -3.42. The van der Waals surface area contributed by atoms with Crippen LogP contribution in [0.2, 0.25) is 0 Å². The van der Waals surface area contributed by atoms with E-state index in [4.69, 9.17) is 14.2 Å². The summed E-state index contributed by atoms with van der Waals surface area (Å²) in [5.74, 6) is 2.37. The van der Waals surface area contributed by atoms with E-state index in [-0.39, 0.29) is 11.9 Å². The van der Waals surface area contributed by atoms with Crippen LogP contribution in [0.5, 0.6) is 17.2 Å². The van der Waals surface area contributed by atoms with Crippen LogP contribution in [-0.2, 0) is 17.8 Å². The van der Waals surface area contributed by atoms with Crippen molar-refractivity contribution in [1.29, 1.82) is 0 Å². The molecule has 8 heteroatoms. The molecule has 0 aliphatic carbocycles. The van der Waals surface area contributed by atoms with E-state index >= 15 is 0 Å². The summed E-state index contributed by atoms with van der Waals surface area (Å²) in [5, 5.41) is 0. The molecule has 2 aliphatic rings. The maximum atomic E-state index is 13.6. The molecule has 0 atom stereocenters. The molecule has 2 fully saturated rings. The number of anilines is 1. The van der Waals surface area contributed by atoms with E-state index in [2.05, 4.69) is 13.0 Å². The maximum Gasteiger partial charge on any atom is 0.324 e. The van der Waals surface area contributed by atoms with Crippen LogP contribution in [0, 0.1) is 0 Å². The number of benzene rings is 2. The van der Waals surface area contributed by atoms with Crippen LogP contribution >= 0.6 is 0 Å². The van der Waals surface area contributed by atoms with Crippen molar-refractivity contribution in [3.05, 3.63) is 47.5 Å². The number of unbranched alkanes of at least 4 members (excludes halogenated alkanes) is 2. The second kappa shape index (κ2) is 14.1. The van der Waals surface area contributed by atoms with Crippen molar-refractivity contribution in [2.24, 2.45) is 0 Å². The molecular weight excluding hydrogens is 494 g/mol. The fourth-order valence-corrected chi connectivity index (χ4v) is 5.29. The molecule has 0 bridgehead atoms. The predicted molar refractivity (Wildman–Crippen MR) is 153 cm³/mol. The molecule has 2 aliphatic heterocycles. The molecule has 0 radical (unpaired) electrons. The van der Waals surface area contributed by atoms with Crippen LogP contribution in [0.4, 0.5) is 10.5 Å². The summed E-state index contributed by atoms with van der Waals surface area (Å²) in [7, 11) is 3.30. The number of carbonyl (C=O) groups is 2. The van der Waals surface area contributed by atoms with Gasteiger partial charge in [-0.1, -0.05) is 31.9 Å². The van der Waals surface area contributed by atoms with E-state index in [0.29, 0.717) is 44.2 Å². The molecule has 2 aromatic rings. The predicted octanol–water partition coefficient (Wildman–Crippen LogP) is 5.66. The standard InChI is InChI=1S/C31H43N3O5/c1-4-5-8-20-39-29-22-26(13-14-27(29)37-2)34-18-9-17-33(31(34)36)23-25-12-11-24(21-28(25)38-3)15-19-32-16-7-6-10-30(32)35/h11-14,21-22H,4-10,15-20,23H2,1-3H3. The highest BCUT2D eigenvalue weighted by Gasteiger charge is 2.28. The first-order valence-corrected chi connectivity index (χ1v) is 14.3. The normalized spacial score (nSPS) is 16.0. The van der Waals surface area contributed by atoms with Crippen molar-refractivity contribution in [3.8, 4) is 17.2 Å². The van der Waals surface area contributed by atoms with E-state index in [1.807, 2.05) is 45.0 Å². The van der Waals surface area contributed by atoms with Gasteiger partial charge in [0.2, 0.25) is 5.91 Å². The summed E-state index contributed by atoms with van der Waals surface area (Å²) < 4.78 is 17.2. The van der Waals surface area contributed by atoms with E-state index < -0.39 is 0 Å². The number of hydrogen-bond acceptors (Lipinski definition) is 5. The Bertz CT molecular complexity index is 1120. The van der Waals surface area contributed by atoms with Gasteiger partial charge < -0.3 is 24.0 Å². The van der Waals surface area contributed by atoms with Crippen molar-refractivity contribution >= 4 is 17.6 Å². The van der Waals surface area contributed by atoms with Gasteiger partial charge in [-0.3, -0.25) is 9.69 Å². The molecule has 39 heavy (non-hydrogen) atoms. The third-order valence-corrected chi connectivity index (χ3v) is 7.58. The van der Waals surface area contributed by atoms with E-state index in [1.54, 1.807) is 14.2 Å². The number of rotatable bonds is 13. The Morgan fingerprint density at radius 1 is 0.821 bits per heavy atom. The van der Waals surface area contributed by atoms with Gasteiger partial charge in [0, 0.05) is 49.9 Å². The van der Waals surface area contributed by atoms with E-state index in [9.17, 15) is 9.59 Å². The van der Waals surface area contributed by atoms with Crippen LogP contribution in [0.1, 0.15) is 63.0 Å². The zero-order chi connectivity index (χ0) is 27.6. The molecule has 3 amide bonds. The average Bonchev–Trinajstić information content (AvgIpc) is 2.96. The number of ether oxygens (including phenoxy) is 3. The molecule has 4 rings (SSSR count). The number of urea groups is 1. The van der Waals surface area contributed by atoms with Crippen molar-refractivity contribution in [1.82, 2.24) is 9.80 Å². The fourth-order valence-electron chi connectivity index (χ4n) is 5.29. The van der Waals surface area contributed by atoms with Crippen molar-refractivity contribution in [3.63, 3.8) is 0 Å². The highest BCUT2D eigenvalue weighted by Crippen LogP contribution is 2.34. The minimum absolute atomic E-state index is 0.0295. The summed E-state index contributed by atoms with van der Waals surface area (Å²) in [6, 6.07) is 11.9. The largest absolute Gasteiger partial charge is 0.496 e. The smallest absolute Gasteiger partial charge is 0.324 e. The van der Waals surface area contributed by atoms with Gasteiger partial charge in [-0.05, 0) is 55.9 Å². The summed E-state index contributed by atoms with van der Waals surface area (Å²) in [5.41, 5.74) is 2.91. The molecule has 2 saturated heterocycles. The van der Waals surface area contributed by atoms with Crippen molar-refractivity contribution in [2.75, 3.05) is 51.9 Å². The highest BCUT2D eigenvalue weighted by molar-refractivity contribution is 5.93. The molecule has 2 aromatic carbocycles.